The molecule has 0 heterocycles. The Morgan fingerprint density at radius 1 is 1.19 bits per heavy atom. The predicted octanol–water partition coefficient (Wildman–Crippen LogP) is 3.66. The highest BCUT2D eigenvalue weighted by Gasteiger charge is 2.40. The molecule has 4 nitrogen and oxygen atoms in total. The van der Waals surface area contributed by atoms with E-state index in [2.05, 4.69) is 21.2 Å². The number of carbonyl (C=O) groups excluding carboxylic acids is 1. The first kappa shape index (κ1) is 16.0. The van der Waals surface area contributed by atoms with Gasteiger partial charge in [-0.1, -0.05) is 47.7 Å². The third kappa shape index (κ3) is 3.64. The predicted molar refractivity (Wildman–Crippen MR) is 84.4 cm³/mol. The van der Waals surface area contributed by atoms with Crippen LogP contribution in [0.4, 0.5) is 0 Å². The summed E-state index contributed by atoms with van der Waals surface area (Å²) in [5.41, 5.74) is 0.400. The first-order valence-corrected chi connectivity index (χ1v) is 8.06. The van der Waals surface area contributed by atoms with Gasteiger partial charge in [0.15, 0.2) is 0 Å². The van der Waals surface area contributed by atoms with Gasteiger partial charge in [-0.25, -0.2) is 4.79 Å². The van der Waals surface area contributed by atoms with E-state index in [-0.39, 0.29) is 5.91 Å². The van der Waals surface area contributed by atoms with E-state index in [4.69, 9.17) is 0 Å². The Balaban J connectivity index is 2.21. The first-order chi connectivity index (χ1) is 9.94. The molecule has 0 unspecified atom stereocenters. The number of nitrogens with one attached hydrogen (secondary N) is 1. The lowest BCUT2D eigenvalue weighted by Gasteiger charge is -2.29. The smallest absolute Gasteiger partial charge is 0.329 e. The van der Waals surface area contributed by atoms with E-state index in [0.29, 0.717) is 18.4 Å². The summed E-state index contributed by atoms with van der Waals surface area (Å²) in [6.45, 7) is 1.94. The molecule has 5 heteroatoms. The van der Waals surface area contributed by atoms with Gasteiger partial charge in [-0.2, -0.15) is 0 Å². The molecule has 0 radical (unpaired) electrons. The molecule has 0 atom stereocenters. The Morgan fingerprint density at radius 2 is 1.81 bits per heavy atom. The average molecular weight is 354 g/mol. The van der Waals surface area contributed by atoms with Gasteiger partial charge < -0.3 is 10.4 Å². The number of carboxylic acids is 1. The highest BCUT2D eigenvalue weighted by atomic mass is 79.9. The number of aliphatic carboxylic acids is 1. The Morgan fingerprint density at radius 3 is 2.33 bits per heavy atom. The van der Waals surface area contributed by atoms with Crippen LogP contribution in [0.15, 0.2) is 22.7 Å². The van der Waals surface area contributed by atoms with Crippen molar-refractivity contribution >= 4 is 27.8 Å². The van der Waals surface area contributed by atoms with E-state index >= 15 is 0 Å². The van der Waals surface area contributed by atoms with Crippen LogP contribution < -0.4 is 5.32 Å². The van der Waals surface area contributed by atoms with Gasteiger partial charge in [-0.05, 0) is 37.5 Å². The molecule has 1 fully saturated rings. The quantitative estimate of drug-likeness (QED) is 0.814. The van der Waals surface area contributed by atoms with Gasteiger partial charge in [0.25, 0.3) is 5.91 Å². The minimum atomic E-state index is -1.12. The van der Waals surface area contributed by atoms with Crippen LogP contribution in [0.25, 0.3) is 0 Å². The topological polar surface area (TPSA) is 66.4 Å². The maximum Gasteiger partial charge on any atom is 0.329 e. The zero-order valence-electron chi connectivity index (χ0n) is 12.1. The lowest BCUT2D eigenvalue weighted by atomic mass is 9.90. The Bertz CT molecular complexity index is 548. The number of aryl methyl sites for hydroxylation is 1. The van der Waals surface area contributed by atoms with Crippen molar-refractivity contribution in [2.24, 2.45) is 0 Å². The van der Waals surface area contributed by atoms with Gasteiger partial charge in [-0.15, -0.1) is 0 Å². The summed E-state index contributed by atoms with van der Waals surface area (Å²) in [4.78, 5) is 24.1. The molecule has 0 spiro atoms. The standard InChI is InChI=1S/C16H20BrNO3/c1-11-6-7-12(10-13(11)17)14(19)18-16(15(20)21)8-4-2-3-5-9-16/h6-7,10H,2-5,8-9H2,1H3,(H,18,19)(H,20,21). The Hall–Kier alpha value is -1.36. The van der Waals surface area contributed by atoms with Crippen molar-refractivity contribution in [1.82, 2.24) is 5.32 Å². The number of amides is 1. The molecule has 1 amide bonds. The van der Waals surface area contributed by atoms with Crippen molar-refractivity contribution in [2.75, 3.05) is 0 Å². The fourth-order valence-electron chi connectivity index (χ4n) is 2.75. The van der Waals surface area contributed by atoms with Crippen molar-refractivity contribution in [3.05, 3.63) is 33.8 Å². The van der Waals surface area contributed by atoms with Gasteiger partial charge in [0.2, 0.25) is 0 Å². The zero-order valence-corrected chi connectivity index (χ0v) is 13.7. The highest BCUT2D eigenvalue weighted by Crippen LogP contribution is 2.28. The summed E-state index contributed by atoms with van der Waals surface area (Å²) in [7, 11) is 0. The zero-order chi connectivity index (χ0) is 15.5. The molecule has 0 aliphatic heterocycles. The van der Waals surface area contributed by atoms with Crippen LogP contribution in [-0.2, 0) is 4.79 Å². The van der Waals surface area contributed by atoms with Crippen molar-refractivity contribution in [3.63, 3.8) is 0 Å². The normalized spacial score (nSPS) is 17.8. The molecular formula is C16H20BrNO3. The summed E-state index contributed by atoms with van der Waals surface area (Å²) < 4.78 is 0.848. The van der Waals surface area contributed by atoms with Crippen molar-refractivity contribution in [1.29, 1.82) is 0 Å². The van der Waals surface area contributed by atoms with Gasteiger partial charge >= 0.3 is 5.97 Å². The van der Waals surface area contributed by atoms with Gasteiger partial charge in [0, 0.05) is 10.0 Å². The molecule has 0 bridgehead atoms. The average Bonchev–Trinajstić information content (AvgIpc) is 2.68. The Kier molecular flexibility index (Phi) is 5.04. The molecule has 114 valence electrons. The van der Waals surface area contributed by atoms with Crippen molar-refractivity contribution in [3.8, 4) is 0 Å². The number of hydrogen-bond acceptors (Lipinski definition) is 2. The third-order valence-corrected chi connectivity index (χ3v) is 5.01. The maximum absolute atomic E-state index is 12.4. The van der Waals surface area contributed by atoms with E-state index in [9.17, 15) is 14.7 Å². The number of carboxylic acid groups (broad SMARTS) is 1. The van der Waals surface area contributed by atoms with E-state index in [1.807, 2.05) is 13.0 Å². The molecule has 1 aliphatic rings. The third-order valence-electron chi connectivity index (χ3n) is 4.15. The molecule has 21 heavy (non-hydrogen) atoms. The molecule has 1 aromatic carbocycles. The lowest BCUT2D eigenvalue weighted by Crippen LogP contribution is -2.54. The SMILES string of the molecule is Cc1ccc(C(=O)NC2(C(=O)O)CCCCCC2)cc1Br. The van der Waals surface area contributed by atoms with Crippen molar-refractivity contribution < 1.29 is 14.7 Å². The second-order valence-electron chi connectivity index (χ2n) is 5.72. The number of benzene rings is 1. The number of rotatable bonds is 3. The molecule has 2 N–H and O–H groups in total. The number of carbonyl (C=O) groups is 2. The molecular weight excluding hydrogens is 334 g/mol. The molecule has 0 saturated heterocycles. The van der Waals surface area contributed by atoms with Gasteiger partial charge in [0.1, 0.15) is 5.54 Å². The second kappa shape index (κ2) is 6.60. The lowest BCUT2D eigenvalue weighted by molar-refractivity contribution is -0.145. The summed E-state index contributed by atoms with van der Waals surface area (Å²) in [6.07, 6.45) is 4.73. The van der Waals surface area contributed by atoms with E-state index in [1.165, 1.54) is 0 Å². The maximum atomic E-state index is 12.4. The fourth-order valence-corrected chi connectivity index (χ4v) is 3.13. The molecule has 1 aromatic rings. The minimum Gasteiger partial charge on any atom is -0.480 e. The highest BCUT2D eigenvalue weighted by molar-refractivity contribution is 9.10. The van der Waals surface area contributed by atoms with E-state index in [0.717, 1.165) is 35.7 Å². The second-order valence-corrected chi connectivity index (χ2v) is 6.57. The van der Waals surface area contributed by atoms with Gasteiger partial charge in [-0.3, -0.25) is 4.79 Å². The molecule has 0 aromatic heterocycles. The number of halogens is 1. The van der Waals surface area contributed by atoms with Gasteiger partial charge in [0.05, 0.1) is 0 Å². The van der Waals surface area contributed by atoms with Crippen LogP contribution in [0, 0.1) is 6.92 Å². The summed E-state index contributed by atoms with van der Waals surface area (Å²) in [5.74, 6) is -1.25. The van der Waals surface area contributed by atoms with Crippen LogP contribution >= 0.6 is 15.9 Å². The largest absolute Gasteiger partial charge is 0.480 e. The van der Waals surface area contributed by atoms with Crippen LogP contribution in [-0.4, -0.2) is 22.5 Å². The Labute approximate surface area is 133 Å². The van der Waals surface area contributed by atoms with Crippen LogP contribution in [0.3, 0.4) is 0 Å². The van der Waals surface area contributed by atoms with Crippen molar-refractivity contribution in [2.45, 2.75) is 51.0 Å². The van der Waals surface area contributed by atoms with Crippen LogP contribution in [0.5, 0.6) is 0 Å². The van der Waals surface area contributed by atoms with E-state index in [1.54, 1.807) is 12.1 Å². The number of hydrogen-bond donors (Lipinski definition) is 2. The van der Waals surface area contributed by atoms with Crippen LogP contribution in [0.1, 0.15) is 54.4 Å². The summed E-state index contributed by atoms with van der Waals surface area (Å²) >= 11 is 3.40. The molecule has 1 saturated carbocycles. The first-order valence-electron chi connectivity index (χ1n) is 7.27. The molecule has 2 rings (SSSR count). The monoisotopic (exact) mass is 353 g/mol. The minimum absolute atomic E-state index is 0.319. The molecule has 1 aliphatic carbocycles. The van der Waals surface area contributed by atoms with Crippen LogP contribution in [0.2, 0.25) is 0 Å². The summed E-state index contributed by atoms with van der Waals surface area (Å²) in [5, 5.41) is 12.4. The summed E-state index contributed by atoms with van der Waals surface area (Å²) in [6, 6.07) is 5.30. The van der Waals surface area contributed by atoms with E-state index < -0.39 is 11.5 Å². The fraction of sp³-hybridized carbons (Fsp3) is 0.500.